The lowest BCUT2D eigenvalue weighted by molar-refractivity contribution is -0.117. The summed E-state index contributed by atoms with van der Waals surface area (Å²) in [5, 5.41) is 8.67. The van der Waals surface area contributed by atoms with E-state index in [-0.39, 0.29) is 5.91 Å². The summed E-state index contributed by atoms with van der Waals surface area (Å²) in [5.41, 5.74) is 8.26. The van der Waals surface area contributed by atoms with Gasteiger partial charge in [-0.3, -0.25) is 4.79 Å². The first kappa shape index (κ1) is 19.4. The zero-order chi connectivity index (χ0) is 17.6. The number of carbonyl (C=O) groups excluding carboxylic acids is 1. The number of halogens is 2. The van der Waals surface area contributed by atoms with Crippen LogP contribution >= 0.6 is 31.9 Å². The van der Waals surface area contributed by atoms with E-state index >= 15 is 0 Å². The summed E-state index contributed by atoms with van der Waals surface area (Å²) in [6, 6.07) is 10.9. The van der Waals surface area contributed by atoms with Crippen LogP contribution in [0, 0.1) is 13.8 Å². The summed E-state index contributed by atoms with van der Waals surface area (Å²) in [5.74, 6) is -1.18. The number of carbonyl (C=O) groups is 2. The fraction of sp³-hybridized carbons (Fsp3) is 0.176. The zero-order valence-electron chi connectivity index (χ0n) is 12.8. The van der Waals surface area contributed by atoms with Crippen molar-refractivity contribution >= 4 is 43.7 Å². The van der Waals surface area contributed by atoms with Crippen molar-refractivity contribution in [1.82, 2.24) is 0 Å². The summed E-state index contributed by atoms with van der Waals surface area (Å²) in [6.07, 6.45) is 0.311. The number of primary amides is 1. The molecule has 0 radical (unpaired) electrons. The van der Waals surface area contributed by atoms with E-state index in [1.165, 1.54) is 0 Å². The molecule has 0 aliphatic carbocycles. The van der Waals surface area contributed by atoms with Crippen LogP contribution in [-0.4, -0.2) is 17.0 Å². The fourth-order valence-electron chi connectivity index (χ4n) is 1.87. The molecule has 0 heterocycles. The molecular weight excluding hydrogens is 426 g/mol. The van der Waals surface area contributed by atoms with Crippen LogP contribution in [-0.2, 0) is 11.2 Å². The highest BCUT2D eigenvalue weighted by Gasteiger charge is 2.07. The normalized spacial score (nSPS) is 9.74. The Labute approximate surface area is 152 Å². The van der Waals surface area contributed by atoms with Gasteiger partial charge in [-0.15, -0.1) is 0 Å². The van der Waals surface area contributed by atoms with Crippen molar-refractivity contribution in [3.05, 3.63) is 67.6 Å². The molecule has 0 atom stereocenters. The molecule has 0 saturated heterocycles. The van der Waals surface area contributed by atoms with Crippen molar-refractivity contribution in [2.75, 3.05) is 0 Å². The first-order chi connectivity index (χ1) is 10.7. The molecule has 0 fully saturated rings. The van der Waals surface area contributed by atoms with E-state index in [0.717, 1.165) is 25.6 Å². The van der Waals surface area contributed by atoms with Crippen LogP contribution < -0.4 is 5.73 Å². The molecule has 23 heavy (non-hydrogen) atoms. The molecule has 1 amide bonds. The van der Waals surface area contributed by atoms with Crippen LogP contribution in [0.4, 0.5) is 0 Å². The molecule has 0 spiro atoms. The van der Waals surface area contributed by atoms with Crippen LogP contribution in [0.5, 0.6) is 0 Å². The molecule has 6 heteroatoms. The fourth-order valence-corrected chi connectivity index (χ4v) is 2.64. The Morgan fingerprint density at radius 3 is 2.00 bits per heavy atom. The van der Waals surface area contributed by atoms with Gasteiger partial charge >= 0.3 is 5.97 Å². The maximum absolute atomic E-state index is 10.6. The van der Waals surface area contributed by atoms with E-state index in [2.05, 4.69) is 31.9 Å². The first-order valence-electron chi connectivity index (χ1n) is 6.74. The SMILES string of the molecule is Cc1c(Br)cccc1C(=O)O.Cc1c(Br)cccc1CC(N)=O. The predicted molar refractivity (Wildman–Crippen MR) is 97.6 cm³/mol. The standard InChI is InChI=1S/C9H10BrNO.C8H7BrO2/c1-6-7(5-9(11)12)3-2-4-8(6)10;1-5-6(8(10)11)3-2-4-7(5)9/h2-4H,5H2,1H3,(H2,11,12);2-4H,1H3,(H,10,11). The van der Waals surface area contributed by atoms with Gasteiger partial charge in [-0.1, -0.05) is 50.1 Å². The maximum Gasteiger partial charge on any atom is 0.335 e. The van der Waals surface area contributed by atoms with E-state index in [1.807, 2.05) is 31.2 Å². The van der Waals surface area contributed by atoms with E-state index < -0.39 is 5.97 Å². The van der Waals surface area contributed by atoms with Gasteiger partial charge < -0.3 is 10.8 Å². The number of aromatic carboxylic acids is 1. The third kappa shape index (κ3) is 5.80. The number of amides is 1. The second kappa shape index (κ2) is 8.84. The summed E-state index contributed by atoms with van der Waals surface area (Å²) >= 11 is 6.63. The van der Waals surface area contributed by atoms with Gasteiger partial charge in [0.2, 0.25) is 5.91 Å². The monoisotopic (exact) mass is 441 g/mol. The molecule has 0 unspecified atom stereocenters. The minimum atomic E-state index is -0.885. The molecule has 4 nitrogen and oxygen atoms in total. The van der Waals surface area contributed by atoms with Gasteiger partial charge in [-0.2, -0.15) is 0 Å². The number of hydrogen-bond donors (Lipinski definition) is 2. The Kier molecular flexibility index (Phi) is 7.45. The van der Waals surface area contributed by atoms with Gasteiger partial charge in [-0.25, -0.2) is 4.79 Å². The lowest BCUT2D eigenvalue weighted by Gasteiger charge is -2.04. The van der Waals surface area contributed by atoms with Gasteiger partial charge in [0, 0.05) is 8.95 Å². The Morgan fingerprint density at radius 2 is 1.52 bits per heavy atom. The lowest BCUT2D eigenvalue weighted by Crippen LogP contribution is -2.14. The van der Waals surface area contributed by atoms with Crippen LogP contribution in [0.2, 0.25) is 0 Å². The summed E-state index contributed by atoms with van der Waals surface area (Å²) in [4.78, 5) is 21.2. The van der Waals surface area contributed by atoms with Crippen molar-refractivity contribution < 1.29 is 14.7 Å². The molecule has 0 bridgehead atoms. The minimum Gasteiger partial charge on any atom is -0.478 e. The smallest absolute Gasteiger partial charge is 0.335 e. The average Bonchev–Trinajstić information content (AvgIpc) is 2.47. The van der Waals surface area contributed by atoms with Gasteiger partial charge in [0.15, 0.2) is 0 Å². The minimum absolute atomic E-state index is 0.295. The zero-order valence-corrected chi connectivity index (χ0v) is 15.9. The Bertz CT molecular complexity index is 730. The summed E-state index contributed by atoms with van der Waals surface area (Å²) < 4.78 is 1.85. The molecule has 2 aromatic rings. The van der Waals surface area contributed by atoms with E-state index in [0.29, 0.717) is 12.0 Å². The largest absolute Gasteiger partial charge is 0.478 e. The van der Waals surface area contributed by atoms with E-state index in [4.69, 9.17) is 10.8 Å². The molecule has 3 N–H and O–H groups in total. The van der Waals surface area contributed by atoms with Crippen molar-refractivity contribution in [3.63, 3.8) is 0 Å². The number of hydrogen-bond acceptors (Lipinski definition) is 2. The first-order valence-corrected chi connectivity index (χ1v) is 8.33. The second-order valence-electron chi connectivity index (χ2n) is 4.88. The maximum atomic E-state index is 10.6. The molecule has 122 valence electrons. The highest BCUT2D eigenvalue weighted by Crippen LogP contribution is 2.20. The number of nitrogens with two attached hydrogens (primary N) is 1. The molecular formula is C17H17Br2NO3. The van der Waals surface area contributed by atoms with Crippen molar-refractivity contribution in [2.45, 2.75) is 20.3 Å². The predicted octanol–water partition coefficient (Wildman–Crippen LogP) is 4.24. The van der Waals surface area contributed by atoms with Crippen LogP contribution in [0.25, 0.3) is 0 Å². The average molecular weight is 443 g/mol. The summed E-state index contributed by atoms with van der Waals surface area (Å²) in [6.45, 7) is 3.73. The Morgan fingerprint density at radius 1 is 1.00 bits per heavy atom. The van der Waals surface area contributed by atoms with Crippen molar-refractivity contribution in [3.8, 4) is 0 Å². The number of carboxylic acids is 1. The van der Waals surface area contributed by atoms with Crippen molar-refractivity contribution in [1.29, 1.82) is 0 Å². The van der Waals surface area contributed by atoms with Crippen LogP contribution in [0.1, 0.15) is 27.0 Å². The highest BCUT2D eigenvalue weighted by atomic mass is 79.9. The molecule has 0 aromatic heterocycles. The lowest BCUT2D eigenvalue weighted by atomic mass is 10.1. The van der Waals surface area contributed by atoms with Crippen LogP contribution in [0.15, 0.2) is 45.3 Å². The number of benzene rings is 2. The van der Waals surface area contributed by atoms with E-state index in [9.17, 15) is 9.59 Å². The second-order valence-corrected chi connectivity index (χ2v) is 6.59. The highest BCUT2D eigenvalue weighted by molar-refractivity contribution is 9.10. The summed E-state index contributed by atoms with van der Waals surface area (Å²) in [7, 11) is 0. The number of carboxylic acid groups (broad SMARTS) is 1. The molecule has 2 rings (SSSR count). The molecule has 0 aliphatic heterocycles. The number of rotatable bonds is 3. The van der Waals surface area contributed by atoms with Gasteiger partial charge in [0.05, 0.1) is 12.0 Å². The topological polar surface area (TPSA) is 80.4 Å². The third-order valence-corrected chi connectivity index (χ3v) is 4.96. The Hall–Kier alpha value is -1.66. The molecule has 0 saturated carbocycles. The third-order valence-electron chi connectivity index (χ3n) is 3.24. The quantitative estimate of drug-likeness (QED) is 0.745. The van der Waals surface area contributed by atoms with Gasteiger partial charge in [0.25, 0.3) is 0 Å². The van der Waals surface area contributed by atoms with Gasteiger partial charge in [0.1, 0.15) is 0 Å². The Balaban J connectivity index is 0.000000231. The van der Waals surface area contributed by atoms with Crippen LogP contribution in [0.3, 0.4) is 0 Å². The molecule has 2 aromatic carbocycles. The van der Waals surface area contributed by atoms with Gasteiger partial charge in [-0.05, 0) is 48.7 Å². The molecule has 0 aliphatic rings. The van der Waals surface area contributed by atoms with E-state index in [1.54, 1.807) is 19.1 Å². The van der Waals surface area contributed by atoms with Crippen molar-refractivity contribution in [2.24, 2.45) is 5.73 Å².